The summed E-state index contributed by atoms with van der Waals surface area (Å²) < 4.78 is 1.49. The zero-order valence-electron chi connectivity index (χ0n) is 9.61. The van der Waals surface area contributed by atoms with E-state index >= 15 is 0 Å². The highest BCUT2D eigenvalue weighted by molar-refractivity contribution is 5.87. The molecule has 5 heteroatoms. The predicted molar refractivity (Wildman–Crippen MR) is 65.6 cm³/mol. The van der Waals surface area contributed by atoms with E-state index in [1.807, 2.05) is 12.1 Å². The van der Waals surface area contributed by atoms with Gasteiger partial charge in [-0.2, -0.15) is 0 Å². The summed E-state index contributed by atoms with van der Waals surface area (Å²) in [4.78, 5) is 26.3. The Balaban J connectivity index is 2.11. The topological polar surface area (TPSA) is 72.2 Å². The number of rotatable bonds is 4. The van der Waals surface area contributed by atoms with Crippen LogP contribution in [0.2, 0.25) is 0 Å². The highest BCUT2D eigenvalue weighted by Crippen LogP contribution is 2.00. The lowest BCUT2D eigenvalue weighted by Crippen LogP contribution is -2.21. The van der Waals surface area contributed by atoms with Crippen molar-refractivity contribution in [3.05, 3.63) is 64.3 Å². The minimum absolute atomic E-state index is 0.0140. The first kappa shape index (κ1) is 12.0. The molecule has 5 nitrogen and oxygen atoms in total. The first-order valence-electron chi connectivity index (χ1n) is 5.49. The normalized spacial score (nSPS) is 10.2. The molecule has 0 bridgehead atoms. The van der Waals surface area contributed by atoms with Crippen molar-refractivity contribution in [2.75, 3.05) is 0 Å². The van der Waals surface area contributed by atoms with Gasteiger partial charge < -0.3 is 9.67 Å². The van der Waals surface area contributed by atoms with Gasteiger partial charge in [-0.3, -0.25) is 9.78 Å². The van der Waals surface area contributed by atoms with E-state index in [1.165, 1.54) is 16.8 Å². The first-order valence-corrected chi connectivity index (χ1v) is 5.49. The van der Waals surface area contributed by atoms with Crippen molar-refractivity contribution in [1.82, 2.24) is 9.55 Å². The van der Waals surface area contributed by atoms with Crippen molar-refractivity contribution in [2.24, 2.45) is 0 Å². The Morgan fingerprint density at radius 2 is 2.00 bits per heavy atom. The zero-order valence-corrected chi connectivity index (χ0v) is 9.61. The molecule has 2 aromatic rings. The Hall–Kier alpha value is -2.43. The van der Waals surface area contributed by atoms with E-state index in [9.17, 15) is 9.59 Å². The summed E-state index contributed by atoms with van der Waals surface area (Å²) in [5, 5.41) is 8.75. The molecular weight excluding hydrogens is 232 g/mol. The maximum absolute atomic E-state index is 11.7. The van der Waals surface area contributed by atoms with Crippen LogP contribution in [0.15, 0.2) is 47.7 Å². The molecule has 0 saturated heterocycles. The summed E-state index contributed by atoms with van der Waals surface area (Å²) in [5.41, 5.74) is 0.795. The van der Waals surface area contributed by atoms with Crippen molar-refractivity contribution >= 4 is 5.97 Å². The van der Waals surface area contributed by atoms with Gasteiger partial charge in [-0.25, -0.2) is 4.79 Å². The summed E-state index contributed by atoms with van der Waals surface area (Å²) in [6.45, 7) is 0.517. The van der Waals surface area contributed by atoms with Crippen molar-refractivity contribution < 1.29 is 9.90 Å². The number of aryl methyl sites for hydroxylation is 2. The van der Waals surface area contributed by atoms with Crippen molar-refractivity contribution in [1.29, 1.82) is 0 Å². The van der Waals surface area contributed by atoms with Crippen LogP contribution >= 0.6 is 0 Å². The van der Waals surface area contributed by atoms with Crippen molar-refractivity contribution in [2.45, 2.75) is 13.0 Å². The summed E-state index contributed by atoms with van der Waals surface area (Å²) in [5.74, 6) is -1.09. The molecule has 0 aliphatic heterocycles. The molecule has 1 N–H and O–H groups in total. The Morgan fingerprint density at radius 3 is 2.61 bits per heavy atom. The van der Waals surface area contributed by atoms with Gasteiger partial charge in [-0.15, -0.1) is 0 Å². The molecule has 0 aliphatic rings. The molecule has 0 radical (unpaired) electrons. The SMILES string of the molecule is O=C(O)c1ccn(CCc2ccncc2)c(=O)c1. The largest absolute Gasteiger partial charge is 0.478 e. The lowest BCUT2D eigenvalue weighted by atomic mass is 10.2. The molecule has 0 atom stereocenters. The van der Waals surface area contributed by atoms with Gasteiger partial charge in [0.25, 0.3) is 5.56 Å². The van der Waals surface area contributed by atoms with Crippen LogP contribution in [0.3, 0.4) is 0 Å². The molecule has 0 fully saturated rings. The molecule has 0 aliphatic carbocycles. The third-order valence-corrected chi connectivity index (χ3v) is 2.63. The number of carbonyl (C=O) groups is 1. The van der Waals surface area contributed by atoms with Crippen LogP contribution in [0.25, 0.3) is 0 Å². The molecule has 0 aromatic carbocycles. The van der Waals surface area contributed by atoms with E-state index in [-0.39, 0.29) is 11.1 Å². The molecule has 0 amide bonds. The highest BCUT2D eigenvalue weighted by Gasteiger charge is 2.04. The summed E-state index contributed by atoms with van der Waals surface area (Å²) >= 11 is 0. The van der Waals surface area contributed by atoms with E-state index in [1.54, 1.807) is 12.4 Å². The number of aromatic nitrogens is 2. The Labute approximate surface area is 103 Å². The minimum atomic E-state index is -1.09. The van der Waals surface area contributed by atoms with Gasteiger partial charge in [-0.05, 0) is 30.2 Å². The fraction of sp³-hybridized carbons (Fsp3) is 0.154. The Bertz CT molecular complexity index is 605. The maximum Gasteiger partial charge on any atom is 0.335 e. The Kier molecular flexibility index (Phi) is 3.52. The van der Waals surface area contributed by atoms with E-state index in [2.05, 4.69) is 4.98 Å². The average Bonchev–Trinajstić information content (AvgIpc) is 2.38. The Morgan fingerprint density at radius 1 is 1.28 bits per heavy atom. The van der Waals surface area contributed by atoms with Gasteiger partial charge in [0.05, 0.1) is 5.56 Å². The standard InChI is InChI=1S/C13H12N2O3/c16-12-9-11(13(17)18)4-8-15(12)7-3-10-1-5-14-6-2-10/h1-2,4-6,8-9H,3,7H2,(H,17,18). The van der Waals surface area contributed by atoms with Crippen LogP contribution in [-0.4, -0.2) is 20.6 Å². The molecule has 18 heavy (non-hydrogen) atoms. The molecule has 0 saturated carbocycles. The number of carboxylic acids is 1. The van der Waals surface area contributed by atoms with E-state index in [4.69, 9.17) is 5.11 Å². The van der Waals surface area contributed by atoms with Gasteiger partial charge in [0.1, 0.15) is 0 Å². The lowest BCUT2D eigenvalue weighted by Gasteiger charge is -2.05. The first-order chi connectivity index (χ1) is 8.66. The second kappa shape index (κ2) is 5.27. The van der Waals surface area contributed by atoms with Crippen molar-refractivity contribution in [3.8, 4) is 0 Å². The van der Waals surface area contributed by atoms with Crippen LogP contribution in [0.4, 0.5) is 0 Å². The molecule has 0 unspecified atom stereocenters. The number of carboxylic acid groups (broad SMARTS) is 1. The predicted octanol–water partition coefficient (Wildman–Crippen LogP) is 1.18. The van der Waals surface area contributed by atoms with Gasteiger partial charge in [-0.1, -0.05) is 0 Å². The number of hydrogen-bond acceptors (Lipinski definition) is 3. The lowest BCUT2D eigenvalue weighted by molar-refractivity contribution is 0.0696. The van der Waals surface area contributed by atoms with Crippen LogP contribution in [-0.2, 0) is 13.0 Å². The molecular formula is C13H12N2O3. The van der Waals surface area contributed by atoms with Gasteiger partial charge in [0.2, 0.25) is 0 Å². The van der Waals surface area contributed by atoms with Gasteiger partial charge in [0.15, 0.2) is 0 Å². The maximum atomic E-state index is 11.7. The third-order valence-electron chi connectivity index (χ3n) is 2.63. The molecule has 2 heterocycles. The van der Waals surface area contributed by atoms with Crippen LogP contribution in [0, 0.1) is 0 Å². The van der Waals surface area contributed by atoms with Crippen LogP contribution in [0.5, 0.6) is 0 Å². The molecule has 0 spiro atoms. The van der Waals surface area contributed by atoms with E-state index in [0.717, 1.165) is 11.6 Å². The monoisotopic (exact) mass is 244 g/mol. The summed E-state index contributed by atoms with van der Waals surface area (Å²) in [7, 11) is 0. The average molecular weight is 244 g/mol. The number of pyridine rings is 2. The van der Waals surface area contributed by atoms with Gasteiger partial charge in [0, 0.05) is 31.2 Å². The smallest absolute Gasteiger partial charge is 0.335 e. The second-order valence-corrected chi connectivity index (χ2v) is 3.86. The van der Waals surface area contributed by atoms with Crippen LogP contribution in [0.1, 0.15) is 15.9 Å². The van der Waals surface area contributed by atoms with E-state index in [0.29, 0.717) is 13.0 Å². The molecule has 92 valence electrons. The van der Waals surface area contributed by atoms with Crippen LogP contribution < -0.4 is 5.56 Å². The second-order valence-electron chi connectivity index (χ2n) is 3.86. The minimum Gasteiger partial charge on any atom is -0.478 e. The molecule has 2 rings (SSSR count). The van der Waals surface area contributed by atoms with E-state index < -0.39 is 5.97 Å². The summed E-state index contributed by atoms with van der Waals surface area (Å²) in [6.07, 6.45) is 5.61. The number of nitrogens with zero attached hydrogens (tertiary/aromatic N) is 2. The number of hydrogen-bond donors (Lipinski definition) is 1. The summed E-state index contributed by atoms with van der Waals surface area (Å²) in [6, 6.07) is 6.33. The highest BCUT2D eigenvalue weighted by atomic mass is 16.4. The van der Waals surface area contributed by atoms with Crippen molar-refractivity contribution in [3.63, 3.8) is 0 Å². The molecule has 2 aromatic heterocycles. The fourth-order valence-corrected chi connectivity index (χ4v) is 1.62. The third kappa shape index (κ3) is 2.82. The zero-order chi connectivity index (χ0) is 13.0. The fourth-order valence-electron chi connectivity index (χ4n) is 1.62. The van der Waals surface area contributed by atoms with Gasteiger partial charge >= 0.3 is 5.97 Å². The quantitative estimate of drug-likeness (QED) is 0.876. The number of aromatic carboxylic acids is 1.